The first kappa shape index (κ1) is 18.9. The Hall–Kier alpha value is -0.610. The summed E-state index contributed by atoms with van der Waals surface area (Å²) in [7, 11) is 4.92. The van der Waals surface area contributed by atoms with Crippen LogP contribution < -0.4 is 5.32 Å². The van der Waals surface area contributed by atoms with E-state index in [1.807, 2.05) is 0 Å². The number of fused-ring (bicyclic) bond motifs is 3. The van der Waals surface area contributed by atoms with E-state index < -0.39 is 28.6 Å². The first-order valence-corrected chi connectivity index (χ1v) is 11.3. The van der Waals surface area contributed by atoms with E-state index in [9.17, 15) is 15.0 Å². The number of methoxy groups -OCH3 is 3. The maximum absolute atomic E-state index is 13.6. The van der Waals surface area contributed by atoms with Crippen LogP contribution in [0.25, 0.3) is 0 Å². The molecule has 0 amide bonds. The Morgan fingerprint density at radius 2 is 2.03 bits per heavy atom. The fourth-order valence-corrected chi connectivity index (χ4v) is 10.2. The van der Waals surface area contributed by atoms with Crippen LogP contribution in [0.4, 0.5) is 0 Å². The average molecular weight is 421 g/mol. The molecule has 0 aromatic carbocycles. The monoisotopic (exact) mass is 421 g/mol. The van der Waals surface area contributed by atoms with Gasteiger partial charge in [-0.05, 0) is 25.2 Å². The molecule has 13 atom stereocenters. The van der Waals surface area contributed by atoms with Gasteiger partial charge < -0.3 is 29.2 Å². The van der Waals surface area contributed by atoms with Crippen molar-refractivity contribution in [3.05, 3.63) is 0 Å². The largest absolute Gasteiger partial charge is 0.386 e. The quantitative estimate of drug-likeness (QED) is 0.556. The molecule has 166 valence electrons. The average Bonchev–Trinajstić information content (AvgIpc) is 3.11. The number of hydrogen-bond acceptors (Lipinski definition) is 8. The van der Waals surface area contributed by atoms with E-state index >= 15 is 0 Å². The lowest BCUT2D eigenvalue weighted by Gasteiger charge is -2.73. The van der Waals surface area contributed by atoms with Crippen LogP contribution in [-0.4, -0.2) is 85.7 Å². The van der Waals surface area contributed by atoms with Gasteiger partial charge in [0.2, 0.25) is 0 Å². The van der Waals surface area contributed by atoms with Crippen molar-refractivity contribution in [2.75, 3.05) is 27.9 Å². The molecule has 3 N–H and O–H groups in total. The number of ketones is 1. The van der Waals surface area contributed by atoms with Crippen LogP contribution in [0.15, 0.2) is 0 Å². The first-order valence-electron chi connectivity index (χ1n) is 11.3. The summed E-state index contributed by atoms with van der Waals surface area (Å²) < 4.78 is 24.1. The fraction of sp³-hybridized carbons (Fsp3) is 0.955. The third-order valence-electron chi connectivity index (χ3n) is 10.8. The standard InChI is InChI=1S/C22H31NO7/c1-27-8-19-5-4-12-21-10-6-9-11(28-2)7-20(25,13(10)14(9)24)22(26,16(29-3)15(19)21)17(21)23-18(19)30-12/h9-13,15-18,23,25-26H,4-8H2,1-3H3/t9-,10-,11+,12+,13-,15-,16+,17?,18?,19+,20-,21+,22-/m1/s1. The molecule has 1 spiro atoms. The number of carbonyl (C=O) groups excluding carboxylic acids is 1. The van der Waals surface area contributed by atoms with Crippen molar-refractivity contribution < 1.29 is 34.0 Å². The lowest BCUT2D eigenvalue weighted by Crippen LogP contribution is -2.86. The molecule has 5 saturated carbocycles. The maximum Gasteiger partial charge on any atom is 0.144 e. The molecule has 9 fully saturated rings. The zero-order chi connectivity index (χ0) is 20.8. The number of Topliss-reactive ketones (excluding diaryl/α,β-unsaturated/α-hetero) is 1. The molecule has 4 heterocycles. The van der Waals surface area contributed by atoms with E-state index in [0.717, 1.165) is 12.8 Å². The molecule has 2 unspecified atom stereocenters. The second-order valence-electron chi connectivity index (χ2n) is 11.0. The van der Waals surface area contributed by atoms with E-state index in [0.29, 0.717) is 13.0 Å². The molecule has 8 heteroatoms. The second-order valence-corrected chi connectivity index (χ2v) is 11.0. The van der Waals surface area contributed by atoms with Gasteiger partial charge >= 0.3 is 0 Å². The fourth-order valence-electron chi connectivity index (χ4n) is 10.2. The third-order valence-corrected chi connectivity index (χ3v) is 10.8. The zero-order valence-electron chi connectivity index (χ0n) is 17.7. The van der Waals surface area contributed by atoms with Crippen molar-refractivity contribution in [3.63, 3.8) is 0 Å². The van der Waals surface area contributed by atoms with Crippen molar-refractivity contribution in [3.8, 4) is 0 Å². The summed E-state index contributed by atoms with van der Waals surface area (Å²) in [5.74, 6) is -0.869. The molecule has 9 rings (SSSR count). The minimum absolute atomic E-state index is 0.0316. The topological polar surface area (TPSA) is 106 Å². The van der Waals surface area contributed by atoms with Crippen molar-refractivity contribution in [2.45, 2.75) is 67.5 Å². The number of carbonyl (C=O) groups is 1. The van der Waals surface area contributed by atoms with Crippen molar-refractivity contribution >= 4 is 5.78 Å². The zero-order valence-corrected chi connectivity index (χ0v) is 17.7. The molecule has 4 saturated heterocycles. The van der Waals surface area contributed by atoms with Gasteiger partial charge in [-0.3, -0.25) is 10.1 Å². The first-order chi connectivity index (χ1) is 14.4. The number of ether oxygens (including phenoxy) is 4. The summed E-state index contributed by atoms with van der Waals surface area (Å²) in [5.41, 5.74) is -3.97. The van der Waals surface area contributed by atoms with Gasteiger partial charge in [0.15, 0.2) is 0 Å². The van der Waals surface area contributed by atoms with E-state index in [-0.39, 0.29) is 59.9 Å². The summed E-state index contributed by atoms with van der Waals surface area (Å²) in [6.45, 7) is 0.500. The van der Waals surface area contributed by atoms with Crippen LogP contribution in [-0.2, 0) is 23.7 Å². The summed E-state index contributed by atoms with van der Waals surface area (Å²) >= 11 is 0. The van der Waals surface area contributed by atoms with Crippen molar-refractivity contribution in [2.24, 2.45) is 34.5 Å². The Morgan fingerprint density at radius 3 is 2.73 bits per heavy atom. The minimum Gasteiger partial charge on any atom is -0.386 e. The number of aliphatic hydroxyl groups is 2. The van der Waals surface area contributed by atoms with E-state index in [4.69, 9.17) is 18.9 Å². The van der Waals surface area contributed by atoms with Gasteiger partial charge in [-0.15, -0.1) is 0 Å². The van der Waals surface area contributed by atoms with Crippen LogP contribution in [0.3, 0.4) is 0 Å². The lowest BCUT2D eigenvalue weighted by atomic mass is 9.41. The Balaban J connectivity index is 1.53. The van der Waals surface area contributed by atoms with E-state index in [1.54, 1.807) is 21.3 Å². The Bertz CT molecular complexity index is 834. The molecule has 0 aromatic rings. The normalized spacial score (nSPS) is 66.2. The molecule has 4 aliphatic heterocycles. The van der Waals surface area contributed by atoms with Gasteiger partial charge in [0.05, 0.1) is 36.9 Å². The van der Waals surface area contributed by atoms with Crippen LogP contribution in [0.1, 0.15) is 25.7 Å². The number of piperidine rings is 1. The van der Waals surface area contributed by atoms with Gasteiger partial charge in [0.1, 0.15) is 23.2 Å². The van der Waals surface area contributed by atoms with E-state index in [1.165, 1.54) is 0 Å². The molecule has 9 aliphatic rings. The van der Waals surface area contributed by atoms with Gasteiger partial charge in [-0.25, -0.2) is 0 Å². The van der Waals surface area contributed by atoms with Gasteiger partial charge in [-0.1, -0.05) is 0 Å². The molecule has 8 nitrogen and oxygen atoms in total. The number of nitrogens with one attached hydrogen (secondary N) is 1. The lowest BCUT2D eigenvalue weighted by molar-refractivity contribution is -0.361. The maximum atomic E-state index is 13.6. The molecular weight excluding hydrogens is 390 g/mol. The van der Waals surface area contributed by atoms with Crippen molar-refractivity contribution in [1.29, 1.82) is 0 Å². The SMILES string of the molecule is COC[C@]12CC[C@@H]3OC1NC1[C@@]34[C@@H]3C[C@H]5C(=O)[C@@H]3[C@](O)(C[C@@H]5OC)[C@@]1(O)[C@@H](OC)[C@H]24. The minimum atomic E-state index is -1.59. The molecule has 0 radical (unpaired) electrons. The summed E-state index contributed by atoms with van der Waals surface area (Å²) in [5, 5.41) is 28.4. The predicted octanol–water partition coefficient (Wildman–Crippen LogP) is -0.543. The highest BCUT2D eigenvalue weighted by Gasteiger charge is 2.93. The van der Waals surface area contributed by atoms with Crippen LogP contribution in [0.2, 0.25) is 0 Å². The van der Waals surface area contributed by atoms with E-state index in [2.05, 4.69) is 5.32 Å². The summed E-state index contributed by atoms with van der Waals surface area (Å²) in [6, 6.07) is -0.373. The van der Waals surface area contributed by atoms with Crippen LogP contribution in [0, 0.1) is 34.5 Å². The smallest absolute Gasteiger partial charge is 0.144 e. The molecule has 0 aromatic heterocycles. The summed E-state index contributed by atoms with van der Waals surface area (Å²) in [6.07, 6.45) is 1.47. The second kappa shape index (κ2) is 5.30. The van der Waals surface area contributed by atoms with Crippen LogP contribution in [0.5, 0.6) is 0 Å². The van der Waals surface area contributed by atoms with Crippen molar-refractivity contribution in [1.82, 2.24) is 5.32 Å². The van der Waals surface area contributed by atoms with Gasteiger partial charge in [-0.2, -0.15) is 0 Å². The highest BCUT2D eigenvalue weighted by molar-refractivity contribution is 5.90. The molecule has 30 heavy (non-hydrogen) atoms. The highest BCUT2D eigenvalue weighted by atomic mass is 16.5. The molecular formula is C22H31NO7. The summed E-state index contributed by atoms with van der Waals surface area (Å²) in [4.78, 5) is 13.6. The van der Waals surface area contributed by atoms with Crippen LogP contribution >= 0.6 is 0 Å². The third kappa shape index (κ3) is 1.48. The van der Waals surface area contributed by atoms with Gasteiger partial charge in [0, 0.05) is 50.4 Å². The predicted molar refractivity (Wildman–Crippen MR) is 101 cm³/mol. The Labute approximate surface area is 175 Å². The molecule has 5 aliphatic carbocycles. The number of hydrogen-bond donors (Lipinski definition) is 3. The van der Waals surface area contributed by atoms with Gasteiger partial charge in [0.25, 0.3) is 0 Å². The Kier molecular flexibility index (Phi) is 3.34. The number of rotatable bonds is 4. The molecule has 9 bridgehead atoms. The Morgan fingerprint density at radius 1 is 1.23 bits per heavy atom. The highest BCUT2D eigenvalue weighted by Crippen LogP contribution is 2.81.